The molecule has 0 saturated heterocycles. The van der Waals surface area contributed by atoms with Crippen molar-refractivity contribution in [3.63, 3.8) is 0 Å². The van der Waals surface area contributed by atoms with Gasteiger partial charge < -0.3 is 11.1 Å². The molecule has 126 valence electrons. The summed E-state index contributed by atoms with van der Waals surface area (Å²) in [6, 6.07) is 15.3. The Kier molecular flexibility index (Phi) is 4.54. The Hall–Kier alpha value is -3.12. The zero-order valence-corrected chi connectivity index (χ0v) is 14.1. The summed E-state index contributed by atoms with van der Waals surface area (Å²) in [7, 11) is 1.69. The molecule has 2 aromatic carbocycles. The van der Waals surface area contributed by atoms with Crippen LogP contribution in [0.25, 0.3) is 11.3 Å². The van der Waals surface area contributed by atoms with E-state index in [0.29, 0.717) is 27.7 Å². The number of anilines is 1. The number of carbonyl (C=O) groups excluding carboxylic acids is 2. The summed E-state index contributed by atoms with van der Waals surface area (Å²) in [5.74, 6) is -0.828. The fourth-order valence-electron chi connectivity index (χ4n) is 2.38. The summed E-state index contributed by atoms with van der Waals surface area (Å²) < 4.78 is 1.50. The van der Waals surface area contributed by atoms with Crippen molar-refractivity contribution in [2.45, 2.75) is 0 Å². The second-order valence-electron chi connectivity index (χ2n) is 5.44. The van der Waals surface area contributed by atoms with Crippen molar-refractivity contribution >= 4 is 29.1 Å². The molecule has 0 unspecified atom stereocenters. The van der Waals surface area contributed by atoms with Crippen LogP contribution in [0.2, 0.25) is 5.02 Å². The van der Waals surface area contributed by atoms with Gasteiger partial charge in [-0.3, -0.25) is 14.3 Å². The average Bonchev–Trinajstić information content (AvgIpc) is 2.97. The number of halogens is 1. The molecule has 0 bridgehead atoms. The van der Waals surface area contributed by atoms with E-state index in [1.165, 1.54) is 4.68 Å². The highest BCUT2D eigenvalue weighted by Crippen LogP contribution is 2.22. The van der Waals surface area contributed by atoms with E-state index < -0.39 is 5.91 Å². The first-order valence-corrected chi connectivity index (χ1v) is 7.83. The lowest BCUT2D eigenvalue weighted by Gasteiger charge is -2.05. The fraction of sp³-hybridized carbons (Fsp3) is 0.0556. The molecule has 0 aliphatic heterocycles. The van der Waals surface area contributed by atoms with Crippen LogP contribution in [-0.4, -0.2) is 21.6 Å². The largest absolute Gasteiger partial charge is 0.366 e. The second kappa shape index (κ2) is 6.78. The first-order chi connectivity index (χ1) is 11.9. The molecule has 6 nitrogen and oxygen atoms in total. The zero-order valence-electron chi connectivity index (χ0n) is 13.4. The van der Waals surface area contributed by atoms with Crippen molar-refractivity contribution in [1.29, 1.82) is 0 Å². The lowest BCUT2D eigenvalue weighted by Crippen LogP contribution is -2.16. The molecular weight excluding hydrogens is 340 g/mol. The molecule has 25 heavy (non-hydrogen) atoms. The molecule has 0 aliphatic rings. The average molecular weight is 355 g/mol. The van der Waals surface area contributed by atoms with Crippen LogP contribution in [0.5, 0.6) is 0 Å². The van der Waals surface area contributed by atoms with Gasteiger partial charge in [0.1, 0.15) is 5.69 Å². The topological polar surface area (TPSA) is 90.0 Å². The minimum Gasteiger partial charge on any atom is -0.366 e. The Morgan fingerprint density at radius 3 is 2.48 bits per heavy atom. The van der Waals surface area contributed by atoms with Crippen LogP contribution >= 0.6 is 11.6 Å². The predicted octanol–water partition coefficient (Wildman–Crippen LogP) is 3.09. The normalized spacial score (nSPS) is 10.5. The van der Waals surface area contributed by atoms with Gasteiger partial charge in [0.2, 0.25) is 5.91 Å². The third-order valence-electron chi connectivity index (χ3n) is 3.66. The van der Waals surface area contributed by atoms with Crippen LogP contribution in [0.4, 0.5) is 5.69 Å². The van der Waals surface area contributed by atoms with Crippen LogP contribution < -0.4 is 11.1 Å². The van der Waals surface area contributed by atoms with Crippen LogP contribution in [0.3, 0.4) is 0 Å². The number of nitrogens with zero attached hydrogens (tertiary/aromatic N) is 2. The molecule has 0 spiro atoms. The van der Waals surface area contributed by atoms with E-state index in [1.807, 2.05) is 12.1 Å². The third kappa shape index (κ3) is 3.70. The maximum atomic E-state index is 12.5. The molecule has 0 fully saturated rings. The number of primary amides is 1. The highest BCUT2D eigenvalue weighted by Gasteiger charge is 2.15. The lowest BCUT2D eigenvalue weighted by molar-refractivity contribution is 0.0997. The Balaban J connectivity index is 1.82. The van der Waals surface area contributed by atoms with Crippen molar-refractivity contribution in [3.05, 3.63) is 70.9 Å². The lowest BCUT2D eigenvalue weighted by atomic mass is 10.1. The standard InChI is InChI=1S/C18H15ClN4O2/c1-23-16(10-15(22-23)12-3-2-4-13(19)9-12)18(25)21-14-7-5-11(6-8-14)17(20)24/h2-10H,1H3,(H2,20,24)(H,21,25). The minimum atomic E-state index is -0.518. The number of aryl methyl sites for hydroxylation is 1. The van der Waals surface area contributed by atoms with Gasteiger partial charge in [-0.25, -0.2) is 0 Å². The van der Waals surface area contributed by atoms with Gasteiger partial charge in [0.05, 0.1) is 5.69 Å². The van der Waals surface area contributed by atoms with E-state index in [9.17, 15) is 9.59 Å². The van der Waals surface area contributed by atoms with Crippen LogP contribution in [0.15, 0.2) is 54.6 Å². The minimum absolute atomic E-state index is 0.310. The van der Waals surface area contributed by atoms with Crippen LogP contribution in [0.1, 0.15) is 20.8 Å². The number of aromatic nitrogens is 2. The molecular formula is C18H15ClN4O2. The number of amides is 2. The summed E-state index contributed by atoms with van der Waals surface area (Å²) in [6.45, 7) is 0. The molecule has 3 rings (SSSR count). The molecule has 1 heterocycles. The SMILES string of the molecule is Cn1nc(-c2cccc(Cl)c2)cc1C(=O)Nc1ccc(C(N)=O)cc1. The number of hydrogen-bond acceptors (Lipinski definition) is 3. The van der Waals surface area contributed by atoms with Gasteiger partial charge in [-0.05, 0) is 42.5 Å². The van der Waals surface area contributed by atoms with Crippen molar-refractivity contribution in [1.82, 2.24) is 9.78 Å². The van der Waals surface area contributed by atoms with Gasteiger partial charge in [-0.2, -0.15) is 5.10 Å². The highest BCUT2D eigenvalue weighted by molar-refractivity contribution is 6.30. The van der Waals surface area contributed by atoms with Gasteiger partial charge in [0.25, 0.3) is 5.91 Å². The van der Waals surface area contributed by atoms with E-state index in [4.69, 9.17) is 17.3 Å². The Labute approximate surface area is 149 Å². The van der Waals surface area contributed by atoms with Crippen molar-refractivity contribution in [3.8, 4) is 11.3 Å². The van der Waals surface area contributed by atoms with Crippen molar-refractivity contribution < 1.29 is 9.59 Å². The van der Waals surface area contributed by atoms with E-state index >= 15 is 0 Å². The first-order valence-electron chi connectivity index (χ1n) is 7.45. The summed E-state index contributed by atoms with van der Waals surface area (Å²) in [4.78, 5) is 23.6. The maximum Gasteiger partial charge on any atom is 0.273 e. The van der Waals surface area contributed by atoms with Gasteiger partial charge in [0.15, 0.2) is 0 Å². The van der Waals surface area contributed by atoms with Crippen molar-refractivity contribution in [2.24, 2.45) is 12.8 Å². The van der Waals surface area contributed by atoms with E-state index in [0.717, 1.165) is 5.56 Å². The Bertz CT molecular complexity index is 948. The predicted molar refractivity (Wildman–Crippen MR) is 96.6 cm³/mol. The van der Waals surface area contributed by atoms with Gasteiger partial charge in [0, 0.05) is 28.9 Å². The number of rotatable bonds is 4. The molecule has 0 atom stereocenters. The summed E-state index contributed by atoms with van der Waals surface area (Å²) in [5, 5.41) is 7.72. The summed E-state index contributed by atoms with van der Waals surface area (Å²) in [5.41, 5.74) is 8.01. The highest BCUT2D eigenvalue weighted by atomic mass is 35.5. The molecule has 0 aliphatic carbocycles. The van der Waals surface area contributed by atoms with E-state index in [1.54, 1.807) is 49.5 Å². The van der Waals surface area contributed by atoms with Crippen LogP contribution in [0, 0.1) is 0 Å². The third-order valence-corrected chi connectivity index (χ3v) is 3.90. The first kappa shape index (κ1) is 16.7. The number of carbonyl (C=O) groups is 2. The molecule has 7 heteroatoms. The maximum absolute atomic E-state index is 12.5. The summed E-state index contributed by atoms with van der Waals surface area (Å²) >= 11 is 6.00. The number of nitrogens with two attached hydrogens (primary N) is 1. The molecule has 3 N–H and O–H groups in total. The Morgan fingerprint density at radius 1 is 1.12 bits per heavy atom. The van der Waals surface area contributed by atoms with Gasteiger partial charge in [-0.15, -0.1) is 0 Å². The molecule has 3 aromatic rings. The number of benzene rings is 2. The summed E-state index contributed by atoms with van der Waals surface area (Å²) in [6.07, 6.45) is 0. The van der Waals surface area contributed by atoms with Gasteiger partial charge >= 0.3 is 0 Å². The number of nitrogens with one attached hydrogen (secondary N) is 1. The quantitative estimate of drug-likeness (QED) is 0.754. The zero-order chi connectivity index (χ0) is 18.0. The number of hydrogen-bond donors (Lipinski definition) is 2. The van der Waals surface area contributed by atoms with E-state index in [-0.39, 0.29) is 5.91 Å². The van der Waals surface area contributed by atoms with E-state index in [2.05, 4.69) is 10.4 Å². The fourth-order valence-corrected chi connectivity index (χ4v) is 2.57. The molecule has 0 radical (unpaired) electrons. The second-order valence-corrected chi connectivity index (χ2v) is 5.88. The van der Waals surface area contributed by atoms with Gasteiger partial charge in [-0.1, -0.05) is 23.7 Å². The molecule has 2 amide bonds. The molecule has 1 aromatic heterocycles. The van der Waals surface area contributed by atoms with Crippen molar-refractivity contribution in [2.75, 3.05) is 5.32 Å². The Morgan fingerprint density at radius 2 is 1.84 bits per heavy atom. The monoisotopic (exact) mass is 354 g/mol. The molecule has 0 saturated carbocycles. The smallest absolute Gasteiger partial charge is 0.273 e. The van der Waals surface area contributed by atoms with Crippen LogP contribution in [-0.2, 0) is 7.05 Å².